The highest BCUT2D eigenvalue weighted by Gasteiger charge is 2.34. The van der Waals surface area contributed by atoms with Crippen molar-refractivity contribution in [3.05, 3.63) is 0 Å². The van der Waals surface area contributed by atoms with Crippen LogP contribution in [0.2, 0.25) is 0 Å². The number of nitrogens with zero attached hydrogens (tertiary/aromatic N) is 2. The zero-order valence-corrected chi connectivity index (χ0v) is 12.2. The molecule has 0 aliphatic carbocycles. The molecule has 0 saturated carbocycles. The Labute approximate surface area is 107 Å². The Morgan fingerprint density at radius 3 is 2.53 bits per heavy atom. The summed E-state index contributed by atoms with van der Waals surface area (Å²) in [6, 6.07) is 0.667. The second-order valence-corrected chi connectivity index (χ2v) is 5.83. The van der Waals surface area contributed by atoms with E-state index in [1.54, 1.807) is 0 Å². The molecule has 1 rings (SSSR count). The van der Waals surface area contributed by atoms with Gasteiger partial charge in [0.05, 0.1) is 0 Å². The third-order valence-electron chi connectivity index (χ3n) is 4.43. The minimum atomic E-state index is 0.250. The Bertz CT molecular complexity index is 218. The molecule has 1 atom stereocenters. The van der Waals surface area contributed by atoms with Gasteiger partial charge in [-0.1, -0.05) is 6.92 Å². The molecule has 0 aromatic carbocycles. The Morgan fingerprint density at radius 1 is 1.29 bits per heavy atom. The average Bonchev–Trinajstić information content (AvgIpc) is 2.52. The summed E-state index contributed by atoms with van der Waals surface area (Å²) in [6.07, 6.45) is 4.97. The lowest BCUT2D eigenvalue weighted by Crippen LogP contribution is -2.53. The van der Waals surface area contributed by atoms with E-state index >= 15 is 0 Å². The van der Waals surface area contributed by atoms with Crippen molar-refractivity contribution in [3.63, 3.8) is 0 Å². The lowest BCUT2D eigenvalue weighted by Gasteiger charge is -2.41. The molecule has 1 aliphatic heterocycles. The van der Waals surface area contributed by atoms with Gasteiger partial charge in [0.1, 0.15) is 0 Å². The van der Waals surface area contributed by atoms with Gasteiger partial charge in [0.15, 0.2) is 0 Å². The molecule has 0 aromatic heterocycles. The van der Waals surface area contributed by atoms with Crippen molar-refractivity contribution in [1.82, 2.24) is 9.80 Å². The molecule has 3 heteroatoms. The first-order chi connectivity index (χ1) is 8.05. The number of rotatable bonds is 5. The summed E-state index contributed by atoms with van der Waals surface area (Å²) in [6.45, 7) is 11.2. The van der Waals surface area contributed by atoms with E-state index in [2.05, 4.69) is 37.6 Å². The molecular weight excluding hydrogens is 210 g/mol. The van der Waals surface area contributed by atoms with Crippen molar-refractivity contribution < 1.29 is 0 Å². The molecule has 2 N–H and O–H groups in total. The fourth-order valence-corrected chi connectivity index (χ4v) is 3.03. The summed E-state index contributed by atoms with van der Waals surface area (Å²) >= 11 is 0. The minimum Gasteiger partial charge on any atom is -0.329 e. The molecule has 102 valence electrons. The number of nitrogens with two attached hydrogens (primary N) is 1. The van der Waals surface area contributed by atoms with E-state index in [0.29, 0.717) is 6.04 Å². The molecule has 0 aromatic rings. The van der Waals surface area contributed by atoms with Crippen molar-refractivity contribution in [2.45, 2.75) is 58.0 Å². The Morgan fingerprint density at radius 2 is 2.00 bits per heavy atom. The first-order valence-electron chi connectivity index (χ1n) is 7.21. The predicted molar refractivity (Wildman–Crippen MR) is 75.3 cm³/mol. The number of hydrogen-bond donors (Lipinski definition) is 1. The van der Waals surface area contributed by atoms with Gasteiger partial charge in [-0.15, -0.1) is 0 Å². The van der Waals surface area contributed by atoms with Crippen LogP contribution < -0.4 is 5.73 Å². The highest BCUT2D eigenvalue weighted by atomic mass is 15.2. The zero-order valence-electron chi connectivity index (χ0n) is 12.2. The second kappa shape index (κ2) is 6.72. The van der Waals surface area contributed by atoms with Crippen molar-refractivity contribution in [3.8, 4) is 0 Å². The highest BCUT2D eigenvalue weighted by molar-refractivity contribution is 4.93. The van der Waals surface area contributed by atoms with Crippen LogP contribution >= 0.6 is 0 Å². The second-order valence-electron chi connectivity index (χ2n) is 5.83. The maximum Gasteiger partial charge on any atom is 0.0341 e. The van der Waals surface area contributed by atoms with E-state index in [1.807, 2.05) is 0 Å². The van der Waals surface area contributed by atoms with Gasteiger partial charge in [0.25, 0.3) is 0 Å². The fourth-order valence-electron chi connectivity index (χ4n) is 3.03. The lowest BCUT2D eigenvalue weighted by atomic mass is 9.88. The highest BCUT2D eigenvalue weighted by Crippen LogP contribution is 2.28. The topological polar surface area (TPSA) is 32.5 Å². The molecule has 1 saturated heterocycles. The van der Waals surface area contributed by atoms with Crippen LogP contribution in [0.4, 0.5) is 0 Å². The van der Waals surface area contributed by atoms with E-state index in [-0.39, 0.29) is 5.54 Å². The van der Waals surface area contributed by atoms with Crippen LogP contribution in [0.15, 0.2) is 0 Å². The third kappa shape index (κ3) is 3.67. The predicted octanol–water partition coefficient (Wildman–Crippen LogP) is 1.92. The van der Waals surface area contributed by atoms with E-state index in [9.17, 15) is 0 Å². The number of hydrogen-bond acceptors (Lipinski definition) is 3. The molecule has 1 aliphatic rings. The quantitative estimate of drug-likeness (QED) is 0.798. The first-order valence-corrected chi connectivity index (χ1v) is 7.21. The van der Waals surface area contributed by atoms with Gasteiger partial charge in [-0.3, -0.25) is 4.90 Å². The van der Waals surface area contributed by atoms with Crippen molar-refractivity contribution in [2.24, 2.45) is 5.73 Å². The molecule has 0 bridgehead atoms. The van der Waals surface area contributed by atoms with Crippen LogP contribution in [0.3, 0.4) is 0 Å². The largest absolute Gasteiger partial charge is 0.329 e. The minimum absolute atomic E-state index is 0.250. The van der Waals surface area contributed by atoms with Gasteiger partial charge in [0.2, 0.25) is 0 Å². The molecule has 17 heavy (non-hydrogen) atoms. The standard InChI is InChI=1S/C14H31N3/c1-5-9-16(4)14(12-15)7-6-10-17(11-8-14)13(2)3/h13H,5-12,15H2,1-4H3. The van der Waals surface area contributed by atoms with E-state index in [1.165, 1.54) is 45.3 Å². The summed E-state index contributed by atoms with van der Waals surface area (Å²) in [7, 11) is 2.25. The maximum absolute atomic E-state index is 6.10. The smallest absolute Gasteiger partial charge is 0.0341 e. The van der Waals surface area contributed by atoms with Crippen LogP contribution in [0.1, 0.15) is 46.5 Å². The molecule has 1 unspecified atom stereocenters. The van der Waals surface area contributed by atoms with Crippen LogP contribution in [-0.4, -0.2) is 54.6 Å². The van der Waals surface area contributed by atoms with Gasteiger partial charge >= 0.3 is 0 Å². The van der Waals surface area contributed by atoms with Crippen LogP contribution in [0.25, 0.3) is 0 Å². The average molecular weight is 241 g/mol. The summed E-state index contributed by atoms with van der Waals surface area (Å²) in [5, 5.41) is 0. The normalized spacial score (nSPS) is 27.7. The van der Waals surface area contributed by atoms with E-state index in [4.69, 9.17) is 5.73 Å². The van der Waals surface area contributed by atoms with Crippen molar-refractivity contribution in [2.75, 3.05) is 33.2 Å². The SMILES string of the molecule is CCCN(C)C1(CN)CCCN(C(C)C)CC1. The molecule has 1 fully saturated rings. The molecule has 1 heterocycles. The van der Waals surface area contributed by atoms with Gasteiger partial charge in [-0.25, -0.2) is 0 Å². The monoisotopic (exact) mass is 241 g/mol. The summed E-state index contributed by atoms with van der Waals surface area (Å²) < 4.78 is 0. The van der Waals surface area contributed by atoms with Gasteiger partial charge in [-0.05, 0) is 59.7 Å². The van der Waals surface area contributed by atoms with Gasteiger partial charge < -0.3 is 10.6 Å². The summed E-state index contributed by atoms with van der Waals surface area (Å²) in [5.41, 5.74) is 6.35. The molecule has 0 spiro atoms. The van der Waals surface area contributed by atoms with Crippen molar-refractivity contribution in [1.29, 1.82) is 0 Å². The fraction of sp³-hybridized carbons (Fsp3) is 1.00. The summed E-state index contributed by atoms with van der Waals surface area (Å²) in [5.74, 6) is 0. The molecule has 0 amide bonds. The van der Waals surface area contributed by atoms with Crippen LogP contribution in [0.5, 0.6) is 0 Å². The number of likely N-dealkylation sites (tertiary alicyclic amines) is 1. The molecule has 0 radical (unpaired) electrons. The third-order valence-corrected chi connectivity index (χ3v) is 4.43. The Hall–Kier alpha value is -0.120. The zero-order chi connectivity index (χ0) is 12.9. The Balaban J connectivity index is 2.67. The van der Waals surface area contributed by atoms with E-state index < -0.39 is 0 Å². The van der Waals surface area contributed by atoms with E-state index in [0.717, 1.165) is 6.54 Å². The Kier molecular flexibility index (Phi) is 5.90. The summed E-state index contributed by atoms with van der Waals surface area (Å²) in [4.78, 5) is 5.11. The molecule has 3 nitrogen and oxygen atoms in total. The molecular formula is C14H31N3. The first kappa shape index (κ1) is 14.9. The van der Waals surface area contributed by atoms with Gasteiger partial charge in [-0.2, -0.15) is 0 Å². The van der Waals surface area contributed by atoms with Crippen molar-refractivity contribution >= 4 is 0 Å². The lowest BCUT2D eigenvalue weighted by molar-refractivity contribution is 0.105. The van der Waals surface area contributed by atoms with Crippen LogP contribution in [0, 0.1) is 0 Å². The van der Waals surface area contributed by atoms with Gasteiger partial charge in [0, 0.05) is 24.7 Å². The maximum atomic E-state index is 6.10. The van der Waals surface area contributed by atoms with Crippen LogP contribution in [-0.2, 0) is 0 Å². The number of likely N-dealkylation sites (N-methyl/N-ethyl adjacent to an activating group) is 1.